The highest BCUT2D eigenvalue weighted by Crippen LogP contribution is 2.36. The number of hydrogen-bond donors (Lipinski definition) is 1. The lowest BCUT2D eigenvalue weighted by Gasteiger charge is -2.17. The third kappa shape index (κ3) is 5.38. The number of rotatable bonds is 9. The van der Waals surface area contributed by atoms with Crippen LogP contribution in [-0.2, 0) is 17.9 Å². The third-order valence-corrected chi connectivity index (χ3v) is 4.46. The highest BCUT2D eigenvalue weighted by molar-refractivity contribution is 9.10. The summed E-state index contributed by atoms with van der Waals surface area (Å²) in [4.78, 5) is 0. The number of nitrogens with one attached hydrogen (secondary N) is 1. The van der Waals surface area contributed by atoms with Crippen molar-refractivity contribution in [2.24, 2.45) is 0 Å². The average Bonchev–Trinajstić information content (AvgIpc) is 2.59. The predicted molar refractivity (Wildman–Crippen MR) is 100 cm³/mol. The monoisotopic (exact) mass is 413 g/mol. The van der Waals surface area contributed by atoms with Gasteiger partial charge in [-0.2, -0.15) is 0 Å². The van der Waals surface area contributed by atoms with Crippen molar-refractivity contribution in [2.45, 2.75) is 13.2 Å². The first kappa shape index (κ1) is 19.1. The molecule has 0 unspecified atom stereocenters. The van der Waals surface area contributed by atoms with E-state index < -0.39 is 0 Å². The molecule has 4 nitrogen and oxygen atoms in total. The minimum atomic E-state index is 0.440. The maximum absolute atomic E-state index is 6.05. The first-order chi connectivity index (χ1) is 11.7. The van der Waals surface area contributed by atoms with Crippen molar-refractivity contribution in [3.05, 3.63) is 57.0 Å². The second-order valence-corrected chi connectivity index (χ2v) is 6.43. The van der Waals surface area contributed by atoms with Crippen molar-refractivity contribution in [3.63, 3.8) is 0 Å². The van der Waals surface area contributed by atoms with E-state index in [-0.39, 0.29) is 0 Å². The number of benzene rings is 2. The van der Waals surface area contributed by atoms with E-state index >= 15 is 0 Å². The molecule has 0 saturated carbocycles. The molecule has 0 aromatic heterocycles. The number of ether oxygens (including phenoxy) is 3. The molecule has 0 amide bonds. The van der Waals surface area contributed by atoms with Crippen LogP contribution in [-0.4, -0.2) is 27.4 Å². The zero-order valence-corrected chi connectivity index (χ0v) is 16.1. The van der Waals surface area contributed by atoms with Gasteiger partial charge in [-0.3, -0.25) is 0 Å². The minimum absolute atomic E-state index is 0.440. The second-order valence-electron chi connectivity index (χ2n) is 5.14. The summed E-state index contributed by atoms with van der Waals surface area (Å²) < 4.78 is 17.5. The van der Waals surface area contributed by atoms with E-state index in [2.05, 4.69) is 21.2 Å². The van der Waals surface area contributed by atoms with Crippen LogP contribution in [0.1, 0.15) is 11.1 Å². The molecule has 0 spiro atoms. The minimum Gasteiger partial charge on any atom is -0.493 e. The highest BCUT2D eigenvalue weighted by Gasteiger charge is 2.14. The van der Waals surface area contributed by atoms with Gasteiger partial charge in [-0.25, -0.2) is 0 Å². The molecule has 2 rings (SSSR count). The van der Waals surface area contributed by atoms with Crippen LogP contribution in [0.15, 0.2) is 40.9 Å². The zero-order chi connectivity index (χ0) is 17.4. The molecular formula is C18H21BrClNO3. The second kappa shape index (κ2) is 9.89. The largest absolute Gasteiger partial charge is 0.493 e. The molecule has 2 aromatic carbocycles. The molecule has 130 valence electrons. The van der Waals surface area contributed by atoms with Gasteiger partial charge in [0.25, 0.3) is 0 Å². The molecule has 0 atom stereocenters. The Bertz CT molecular complexity index is 649. The van der Waals surface area contributed by atoms with Crippen LogP contribution in [0, 0.1) is 0 Å². The topological polar surface area (TPSA) is 39.7 Å². The summed E-state index contributed by atoms with van der Waals surface area (Å²) in [5.41, 5.74) is 2.05. The molecule has 0 aliphatic rings. The Morgan fingerprint density at radius 3 is 2.50 bits per heavy atom. The van der Waals surface area contributed by atoms with E-state index in [1.807, 2.05) is 36.4 Å². The molecule has 0 aliphatic heterocycles. The van der Waals surface area contributed by atoms with E-state index in [9.17, 15) is 0 Å². The summed E-state index contributed by atoms with van der Waals surface area (Å²) in [5.74, 6) is 1.43. The molecule has 0 fully saturated rings. The van der Waals surface area contributed by atoms with E-state index in [0.717, 1.165) is 27.9 Å². The highest BCUT2D eigenvalue weighted by atomic mass is 79.9. The van der Waals surface area contributed by atoms with Gasteiger partial charge < -0.3 is 19.5 Å². The van der Waals surface area contributed by atoms with Gasteiger partial charge in [-0.1, -0.05) is 39.7 Å². The van der Waals surface area contributed by atoms with E-state index in [1.165, 1.54) is 0 Å². The van der Waals surface area contributed by atoms with Crippen LogP contribution in [0.25, 0.3) is 0 Å². The normalized spacial score (nSPS) is 10.7. The van der Waals surface area contributed by atoms with Crippen molar-refractivity contribution in [3.8, 4) is 11.5 Å². The lowest BCUT2D eigenvalue weighted by Crippen LogP contribution is -2.19. The Hall–Kier alpha value is -1.27. The first-order valence-corrected chi connectivity index (χ1v) is 8.75. The molecule has 0 heterocycles. The van der Waals surface area contributed by atoms with Crippen molar-refractivity contribution in [1.29, 1.82) is 0 Å². The van der Waals surface area contributed by atoms with E-state index in [0.29, 0.717) is 30.5 Å². The molecule has 0 aliphatic carbocycles. The predicted octanol–water partition coefficient (Wildman–Crippen LogP) is 4.43. The standard InChI is InChI=1S/C18H21BrClNO3/c1-22-10-9-21-11-15-16(19)7-8-17(23-2)18(15)24-12-13-3-5-14(20)6-4-13/h3-8,21H,9-12H2,1-2H3. The summed E-state index contributed by atoms with van der Waals surface area (Å²) >= 11 is 9.51. The fraction of sp³-hybridized carbons (Fsp3) is 0.333. The van der Waals surface area contributed by atoms with Gasteiger partial charge in [0.05, 0.1) is 13.7 Å². The Morgan fingerprint density at radius 1 is 1.08 bits per heavy atom. The Morgan fingerprint density at radius 2 is 1.83 bits per heavy atom. The number of hydrogen-bond acceptors (Lipinski definition) is 4. The maximum atomic E-state index is 6.05. The van der Waals surface area contributed by atoms with Crippen LogP contribution < -0.4 is 14.8 Å². The fourth-order valence-electron chi connectivity index (χ4n) is 2.19. The van der Waals surface area contributed by atoms with Crippen LogP contribution in [0.5, 0.6) is 11.5 Å². The lowest BCUT2D eigenvalue weighted by molar-refractivity contribution is 0.199. The molecule has 0 saturated heterocycles. The van der Waals surface area contributed by atoms with Crippen molar-refractivity contribution < 1.29 is 14.2 Å². The lowest BCUT2D eigenvalue weighted by atomic mass is 10.1. The van der Waals surface area contributed by atoms with Crippen LogP contribution in [0.2, 0.25) is 5.02 Å². The van der Waals surface area contributed by atoms with Gasteiger partial charge in [-0.15, -0.1) is 0 Å². The quantitative estimate of drug-likeness (QED) is 0.616. The molecule has 2 aromatic rings. The third-order valence-electron chi connectivity index (χ3n) is 3.47. The van der Waals surface area contributed by atoms with E-state index in [4.69, 9.17) is 25.8 Å². The Kier molecular flexibility index (Phi) is 7.85. The molecule has 24 heavy (non-hydrogen) atoms. The van der Waals surface area contributed by atoms with Crippen molar-refractivity contribution in [2.75, 3.05) is 27.4 Å². The molecule has 0 radical (unpaired) electrons. The summed E-state index contributed by atoms with van der Waals surface area (Å²) in [6, 6.07) is 11.4. The van der Waals surface area contributed by atoms with Crippen LogP contribution in [0.4, 0.5) is 0 Å². The van der Waals surface area contributed by atoms with E-state index in [1.54, 1.807) is 14.2 Å². The average molecular weight is 415 g/mol. The van der Waals surface area contributed by atoms with Crippen molar-refractivity contribution >= 4 is 27.5 Å². The van der Waals surface area contributed by atoms with Gasteiger partial charge in [0.15, 0.2) is 11.5 Å². The van der Waals surface area contributed by atoms with Gasteiger partial charge in [0, 0.05) is 35.3 Å². The number of halogens is 2. The van der Waals surface area contributed by atoms with Crippen LogP contribution in [0.3, 0.4) is 0 Å². The molecule has 1 N–H and O–H groups in total. The first-order valence-electron chi connectivity index (χ1n) is 7.58. The van der Waals surface area contributed by atoms with Gasteiger partial charge >= 0.3 is 0 Å². The molecule has 0 bridgehead atoms. The van der Waals surface area contributed by atoms with Crippen molar-refractivity contribution in [1.82, 2.24) is 5.32 Å². The summed E-state index contributed by atoms with van der Waals surface area (Å²) in [6.07, 6.45) is 0. The number of methoxy groups -OCH3 is 2. The SMILES string of the molecule is COCCNCc1c(Br)ccc(OC)c1OCc1ccc(Cl)cc1. The maximum Gasteiger partial charge on any atom is 0.167 e. The van der Waals surface area contributed by atoms with Gasteiger partial charge in [0.1, 0.15) is 6.61 Å². The fourth-order valence-corrected chi connectivity index (χ4v) is 2.77. The van der Waals surface area contributed by atoms with Gasteiger partial charge in [0.2, 0.25) is 0 Å². The summed E-state index contributed by atoms with van der Waals surface area (Å²) in [5, 5.41) is 4.04. The molecular weight excluding hydrogens is 394 g/mol. The van der Waals surface area contributed by atoms with Crippen LogP contribution >= 0.6 is 27.5 Å². The summed E-state index contributed by atoms with van der Waals surface area (Å²) in [7, 11) is 3.32. The summed E-state index contributed by atoms with van der Waals surface area (Å²) in [6.45, 7) is 2.51. The molecule has 6 heteroatoms. The van der Waals surface area contributed by atoms with Gasteiger partial charge in [-0.05, 0) is 29.8 Å². The smallest absolute Gasteiger partial charge is 0.167 e. The Balaban J connectivity index is 2.15. The Labute approximate surface area is 156 Å². The zero-order valence-electron chi connectivity index (χ0n) is 13.8.